The van der Waals surface area contributed by atoms with E-state index >= 15 is 0 Å². The SMILES string of the molecule is CCOc1cc(/C=C2/SC(=O)N(CC3CCCCC3)C2=O)cc(I)c1OCC. The van der Waals surface area contributed by atoms with Gasteiger partial charge in [0.05, 0.1) is 21.7 Å². The van der Waals surface area contributed by atoms with Gasteiger partial charge in [-0.2, -0.15) is 0 Å². The van der Waals surface area contributed by atoms with E-state index in [1.54, 1.807) is 6.08 Å². The minimum absolute atomic E-state index is 0.160. The number of ether oxygens (including phenoxy) is 2. The van der Waals surface area contributed by atoms with E-state index in [0.29, 0.717) is 42.1 Å². The number of thioether (sulfide) groups is 1. The number of carbonyl (C=O) groups is 2. The van der Waals surface area contributed by atoms with Crippen molar-refractivity contribution < 1.29 is 19.1 Å². The quantitative estimate of drug-likeness (QED) is 0.344. The second-order valence-corrected chi connectivity index (χ2v) is 9.15. The summed E-state index contributed by atoms with van der Waals surface area (Å²) in [6, 6.07) is 3.81. The Labute approximate surface area is 184 Å². The molecule has 3 rings (SSSR count). The Bertz CT molecular complexity index is 774. The largest absolute Gasteiger partial charge is 0.490 e. The van der Waals surface area contributed by atoms with Crippen molar-refractivity contribution in [3.63, 3.8) is 0 Å². The summed E-state index contributed by atoms with van der Waals surface area (Å²) in [5.41, 5.74) is 0.833. The van der Waals surface area contributed by atoms with E-state index in [1.165, 1.54) is 24.2 Å². The van der Waals surface area contributed by atoms with Crippen molar-refractivity contribution >= 4 is 51.6 Å². The van der Waals surface area contributed by atoms with E-state index in [-0.39, 0.29) is 11.1 Å². The number of carbonyl (C=O) groups excluding carboxylic acids is 2. The molecule has 0 N–H and O–H groups in total. The number of nitrogens with zero attached hydrogens (tertiary/aromatic N) is 1. The van der Waals surface area contributed by atoms with Crippen molar-refractivity contribution in [2.75, 3.05) is 19.8 Å². The molecule has 2 fully saturated rings. The molecule has 1 aromatic rings. The number of benzene rings is 1. The van der Waals surface area contributed by atoms with Crippen molar-refractivity contribution in [1.82, 2.24) is 4.90 Å². The van der Waals surface area contributed by atoms with E-state index < -0.39 is 0 Å². The maximum atomic E-state index is 12.8. The average Bonchev–Trinajstić information content (AvgIpc) is 2.93. The third-order valence-electron chi connectivity index (χ3n) is 4.96. The van der Waals surface area contributed by atoms with Crippen LogP contribution in [0.5, 0.6) is 11.5 Å². The van der Waals surface area contributed by atoms with Crippen LogP contribution in [-0.4, -0.2) is 35.8 Å². The first-order chi connectivity index (χ1) is 13.5. The molecule has 152 valence electrons. The van der Waals surface area contributed by atoms with Gasteiger partial charge < -0.3 is 9.47 Å². The lowest BCUT2D eigenvalue weighted by Crippen LogP contribution is -2.34. The number of hydrogen-bond acceptors (Lipinski definition) is 5. The molecule has 0 bridgehead atoms. The Kier molecular flexibility index (Phi) is 7.68. The van der Waals surface area contributed by atoms with Gasteiger partial charge in [-0.15, -0.1) is 0 Å². The predicted octanol–water partition coefficient (Wildman–Crippen LogP) is 5.71. The van der Waals surface area contributed by atoms with Gasteiger partial charge in [0.1, 0.15) is 0 Å². The number of rotatable bonds is 7. The van der Waals surface area contributed by atoms with Crippen LogP contribution >= 0.6 is 34.4 Å². The Morgan fingerprint density at radius 3 is 2.54 bits per heavy atom. The van der Waals surface area contributed by atoms with E-state index in [2.05, 4.69) is 22.6 Å². The molecule has 5 nitrogen and oxygen atoms in total. The van der Waals surface area contributed by atoms with Gasteiger partial charge in [-0.1, -0.05) is 19.3 Å². The van der Waals surface area contributed by atoms with Crippen LogP contribution in [0.25, 0.3) is 6.08 Å². The molecule has 2 aliphatic rings. The van der Waals surface area contributed by atoms with Gasteiger partial charge in [-0.05, 0) is 90.7 Å². The van der Waals surface area contributed by atoms with Crippen LogP contribution < -0.4 is 9.47 Å². The molecule has 0 unspecified atom stereocenters. The molecule has 1 aliphatic heterocycles. The molecular weight excluding hydrogens is 489 g/mol. The van der Waals surface area contributed by atoms with E-state index in [1.807, 2.05) is 26.0 Å². The van der Waals surface area contributed by atoms with Gasteiger partial charge in [0.2, 0.25) is 0 Å². The molecule has 1 heterocycles. The molecule has 2 amide bonds. The number of halogens is 1. The summed E-state index contributed by atoms with van der Waals surface area (Å²) in [4.78, 5) is 27.1. The standard InChI is InChI=1S/C21H26INO4S/c1-3-26-17-11-15(10-16(22)19(17)27-4-2)12-18-20(24)23(21(25)28-18)13-14-8-6-5-7-9-14/h10-12,14H,3-9,13H2,1-2H3/b18-12+. The average molecular weight is 515 g/mol. The third kappa shape index (κ3) is 5.03. The van der Waals surface area contributed by atoms with Crippen LogP contribution in [0.1, 0.15) is 51.5 Å². The Hall–Kier alpha value is -1.22. The maximum Gasteiger partial charge on any atom is 0.293 e. The molecular formula is C21H26INO4S. The number of amides is 2. The van der Waals surface area contributed by atoms with E-state index in [4.69, 9.17) is 9.47 Å². The second-order valence-electron chi connectivity index (χ2n) is 6.99. The van der Waals surface area contributed by atoms with E-state index in [9.17, 15) is 9.59 Å². The fourth-order valence-electron chi connectivity index (χ4n) is 3.66. The molecule has 1 saturated carbocycles. The van der Waals surface area contributed by atoms with Crippen molar-refractivity contribution in [3.8, 4) is 11.5 Å². The summed E-state index contributed by atoms with van der Waals surface area (Å²) >= 11 is 3.24. The zero-order valence-electron chi connectivity index (χ0n) is 16.3. The molecule has 1 aliphatic carbocycles. The predicted molar refractivity (Wildman–Crippen MR) is 121 cm³/mol. The first-order valence-corrected chi connectivity index (χ1v) is 11.8. The maximum absolute atomic E-state index is 12.8. The Morgan fingerprint density at radius 2 is 1.86 bits per heavy atom. The Balaban J connectivity index is 1.80. The highest BCUT2D eigenvalue weighted by Gasteiger charge is 2.36. The molecule has 0 atom stereocenters. The highest BCUT2D eigenvalue weighted by Crippen LogP contribution is 2.38. The second kappa shape index (κ2) is 10.0. The molecule has 1 saturated heterocycles. The van der Waals surface area contributed by atoms with Crippen LogP contribution in [-0.2, 0) is 4.79 Å². The van der Waals surface area contributed by atoms with Crippen LogP contribution in [0.3, 0.4) is 0 Å². The summed E-state index contributed by atoms with van der Waals surface area (Å²) in [7, 11) is 0. The van der Waals surface area contributed by atoms with Gasteiger partial charge in [-0.3, -0.25) is 14.5 Å². The fourth-order valence-corrected chi connectivity index (χ4v) is 5.28. The molecule has 7 heteroatoms. The highest BCUT2D eigenvalue weighted by atomic mass is 127. The van der Waals surface area contributed by atoms with Gasteiger partial charge >= 0.3 is 0 Å². The molecule has 0 aromatic heterocycles. The van der Waals surface area contributed by atoms with Crippen molar-refractivity contribution in [2.24, 2.45) is 5.92 Å². The van der Waals surface area contributed by atoms with Crippen LogP contribution in [0.4, 0.5) is 4.79 Å². The minimum Gasteiger partial charge on any atom is -0.490 e. The molecule has 28 heavy (non-hydrogen) atoms. The molecule has 0 spiro atoms. The van der Waals surface area contributed by atoms with Crippen molar-refractivity contribution in [3.05, 3.63) is 26.2 Å². The van der Waals surface area contributed by atoms with Crippen LogP contribution in [0.15, 0.2) is 17.0 Å². The Morgan fingerprint density at radius 1 is 1.14 bits per heavy atom. The first kappa shape index (κ1) is 21.5. The van der Waals surface area contributed by atoms with Gasteiger partial charge in [0, 0.05) is 6.54 Å². The normalized spacial score (nSPS) is 19.5. The fraction of sp³-hybridized carbons (Fsp3) is 0.524. The monoisotopic (exact) mass is 515 g/mol. The number of hydrogen-bond donors (Lipinski definition) is 0. The highest BCUT2D eigenvalue weighted by molar-refractivity contribution is 14.1. The lowest BCUT2D eigenvalue weighted by Gasteiger charge is -2.25. The van der Waals surface area contributed by atoms with Crippen molar-refractivity contribution in [1.29, 1.82) is 0 Å². The van der Waals surface area contributed by atoms with Gasteiger partial charge in [-0.25, -0.2) is 0 Å². The summed E-state index contributed by atoms with van der Waals surface area (Å²) in [6.45, 7) is 5.48. The van der Waals surface area contributed by atoms with Crippen LogP contribution in [0, 0.1) is 9.49 Å². The van der Waals surface area contributed by atoms with Crippen LogP contribution in [0.2, 0.25) is 0 Å². The van der Waals surface area contributed by atoms with E-state index in [0.717, 1.165) is 33.7 Å². The lowest BCUT2D eigenvalue weighted by molar-refractivity contribution is -0.123. The summed E-state index contributed by atoms with van der Waals surface area (Å²) in [5.74, 6) is 1.64. The summed E-state index contributed by atoms with van der Waals surface area (Å²) < 4.78 is 12.3. The minimum atomic E-state index is -0.178. The lowest BCUT2D eigenvalue weighted by atomic mass is 9.89. The molecule has 1 aromatic carbocycles. The summed E-state index contributed by atoms with van der Waals surface area (Å²) in [5, 5.41) is -0.160. The zero-order chi connectivity index (χ0) is 20.1. The van der Waals surface area contributed by atoms with Gasteiger partial charge in [0.15, 0.2) is 11.5 Å². The first-order valence-electron chi connectivity index (χ1n) is 9.88. The van der Waals surface area contributed by atoms with Crippen molar-refractivity contribution in [2.45, 2.75) is 46.0 Å². The zero-order valence-corrected chi connectivity index (χ0v) is 19.3. The van der Waals surface area contributed by atoms with Gasteiger partial charge in [0.25, 0.3) is 11.1 Å². The topological polar surface area (TPSA) is 55.8 Å². The third-order valence-corrected chi connectivity index (χ3v) is 6.67. The number of imide groups is 1. The molecule has 0 radical (unpaired) electrons. The smallest absolute Gasteiger partial charge is 0.293 e. The summed E-state index contributed by atoms with van der Waals surface area (Å²) in [6.07, 6.45) is 7.65.